The Bertz CT molecular complexity index is 7.61. The summed E-state index contributed by atoms with van der Waals surface area (Å²) in [5.74, 6) is 0. The van der Waals surface area contributed by atoms with Crippen molar-refractivity contribution < 1.29 is 17.1 Å². The second-order valence-corrected chi connectivity index (χ2v) is 0. The van der Waals surface area contributed by atoms with Crippen LogP contribution in [0.2, 0.25) is 0 Å². The standard InChI is InChI=1S/Cu.2In.2H2S.6H/h;;;2*1H2;;;;;;. The van der Waals surface area contributed by atoms with E-state index < -0.39 is 0 Å². The van der Waals surface area contributed by atoms with Crippen molar-refractivity contribution in [3.63, 3.8) is 0 Å². The van der Waals surface area contributed by atoms with E-state index in [0.29, 0.717) is 0 Å². The van der Waals surface area contributed by atoms with E-state index in [1.54, 1.807) is 0 Å². The Morgan fingerprint density at radius 1 is 0.600 bits per heavy atom. The van der Waals surface area contributed by atoms with Crippen molar-refractivity contribution in [1.82, 2.24) is 0 Å². The van der Waals surface area contributed by atoms with Gasteiger partial charge in [0.2, 0.25) is 0 Å². The second kappa shape index (κ2) is 28.2. The summed E-state index contributed by atoms with van der Waals surface area (Å²) in [4.78, 5) is 0. The summed E-state index contributed by atoms with van der Waals surface area (Å²) in [7, 11) is 0. The predicted molar refractivity (Wildman–Crippen MR) is 40.6 cm³/mol. The van der Waals surface area contributed by atoms with Crippen molar-refractivity contribution in [3.8, 4) is 0 Å². The Morgan fingerprint density at radius 3 is 0.600 bits per heavy atom. The fourth-order valence-electron chi connectivity index (χ4n) is 0. The molecule has 0 aliphatic heterocycles. The first-order valence-corrected chi connectivity index (χ1v) is 0. The fourth-order valence-corrected chi connectivity index (χ4v) is 0. The third-order valence-corrected chi connectivity index (χ3v) is 0. The molecule has 39 valence electrons. The summed E-state index contributed by atoms with van der Waals surface area (Å²) in [6.07, 6.45) is 0. The van der Waals surface area contributed by atoms with E-state index in [1.807, 2.05) is 0 Å². The number of hydrogen-bond acceptors (Lipinski definition) is 0. The summed E-state index contributed by atoms with van der Waals surface area (Å²) in [6, 6.07) is 0. The Morgan fingerprint density at radius 2 is 0.600 bits per heavy atom. The quantitative estimate of drug-likeness (QED) is 0.429. The van der Waals surface area contributed by atoms with Crippen LogP contribution in [0.3, 0.4) is 0 Å². The molecule has 5 heavy (non-hydrogen) atoms. The normalized spacial score (nSPS) is 0. The Labute approximate surface area is 94.2 Å². The van der Waals surface area contributed by atoms with Crippen molar-refractivity contribution in [2.24, 2.45) is 0 Å². The molecule has 0 unspecified atom stereocenters. The van der Waals surface area contributed by atoms with Gasteiger partial charge in [-0.1, -0.05) is 0 Å². The van der Waals surface area contributed by atoms with Crippen LogP contribution in [0.5, 0.6) is 0 Å². The van der Waals surface area contributed by atoms with Gasteiger partial charge in [0.1, 0.15) is 0 Å². The molecule has 0 nitrogen and oxygen atoms in total. The zero-order valence-electron chi connectivity index (χ0n) is 1.30. The van der Waals surface area contributed by atoms with Crippen LogP contribution >= 0.6 is 27.0 Å². The molecule has 5 heteroatoms. The van der Waals surface area contributed by atoms with Crippen molar-refractivity contribution >= 4 is 78.7 Å². The first-order chi connectivity index (χ1) is 0. The Kier molecular flexibility index (Phi) is 248. The maximum absolute atomic E-state index is 0. The van der Waals surface area contributed by atoms with E-state index in [9.17, 15) is 0 Å². The first-order valence-electron chi connectivity index (χ1n) is 0. The molecule has 0 N–H and O–H groups in total. The monoisotopic (exact) mass is 367 g/mol. The fraction of sp³-hybridized carbons (Fsp3) is 0. The topological polar surface area (TPSA) is 0 Å². The molecular weight excluding hydrogens is 357 g/mol. The van der Waals surface area contributed by atoms with Crippen LogP contribution in [-0.2, 0) is 17.1 Å². The van der Waals surface area contributed by atoms with Crippen molar-refractivity contribution in [2.45, 2.75) is 0 Å². The molecule has 0 saturated heterocycles. The van der Waals surface area contributed by atoms with Gasteiger partial charge in [0.25, 0.3) is 0 Å². The molecule has 1 radical (unpaired) electrons. The molecule has 0 heterocycles. The van der Waals surface area contributed by atoms with Crippen LogP contribution in [0.1, 0.15) is 0 Å². The van der Waals surface area contributed by atoms with Crippen LogP contribution in [0.4, 0.5) is 0 Å². The molecule has 0 aromatic carbocycles. The summed E-state index contributed by atoms with van der Waals surface area (Å²) in [5.41, 5.74) is 0. The van der Waals surface area contributed by atoms with Gasteiger partial charge < -0.3 is 0 Å². The maximum atomic E-state index is 0. The van der Waals surface area contributed by atoms with Gasteiger partial charge >= 0.3 is 51.7 Å². The average Bonchev–Trinajstić information content (AvgIpc) is 0. The van der Waals surface area contributed by atoms with Gasteiger partial charge in [-0.25, -0.2) is 0 Å². The van der Waals surface area contributed by atoms with Crippen LogP contribution in [-0.4, -0.2) is 51.7 Å². The summed E-state index contributed by atoms with van der Waals surface area (Å²) < 4.78 is 0. The van der Waals surface area contributed by atoms with E-state index in [0.717, 1.165) is 0 Å². The van der Waals surface area contributed by atoms with Gasteiger partial charge in [-0.3, -0.25) is 0 Å². The van der Waals surface area contributed by atoms with Gasteiger partial charge in [-0.05, 0) is 0 Å². The third-order valence-electron chi connectivity index (χ3n) is 0. The van der Waals surface area contributed by atoms with E-state index in [-0.39, 0.29) is 95.7 Å². The van der Waals surface area contributed by atoms with Gasteiger partial charge in [-0.2, -0.15) is 27.0 Å². The molecule has 0 fully saturated rings. The summed E-state index contributed by atoms with van der Waals surface area (Å²) in [5, 5.41) is 0. The summed E-state index contributed by atoms with van der Waals surface area (Å²) in [6.45, 7) is 0. The van der Waals surface area contributed by atoms with Crippen LogP contribution < -0.4 is 0 Å². The number of rotatable bonds is 0. The summed E-state index contributed by atoms with van der Waals surface area (Å²) >= 11 is 0. The molecule has 0 aromatic heterocycles. The molecule has 0 rings (SSSR count). The van der Waals surface area contributed by atoms with Crippen LogP contribution in [0, 0.1) is 0 Å². The first kappa shape index (κ1) is 44.0. The van der Waals surface area contributed by atoms with E-state index in [1.165, 1.54) is 0 Å². The zero-order chi connectivity index (χ0) is 0. The van der Waals surface area contributed by atoms with Gasteiger partial charge in [0, 0.05) is 17.1 Å². The second-order valence-electron chi connectivity index (χ2n) is 0. The molecule has 0 atom stereocenters. The molecule has 0 aliphatic carbocycles. The van der Waals surface area contributed by atoms with Crippen molar-refractivity contribution in [1.29, 1.82) is 0 Å². The SMILES string of the molecule is S.S.[Cu].[InH3].[InH3]. The molecule has 0 aromatic rings. The minimum atomic E-state index is 0. The minimum absolute atomic E-state index is 0. The zero-order valence-corrected chi connectivity index (χ0v) is 4.24. The molecule has 0 saturated carbocycles. The van der Waals surface area contributed by atoms with E-state index in [4.69, 9.17) is 0 Å². The van der Waals surface area contributed by atoms with E-state index >= 15 is 0 Å². The predicted octanol–water partition coefficient (Wildman–Crippen LogP) is -2.14. The molecule has 0 amide bonds. The van der Waals surface area contributed by atoms with Crippen molar-refractivity contribution in [2.75, 3.05) is 0 Å². The van der Waals surface area contributed by atoms with Crippen molar-refractivity contribution in [3.05, 3.63) is 0 Å². The molecule has 0 aliphatic rings. The van der Waals surface area contributed by atoms with E-state index in [2.05, 4.69) is 0 Å². The Balaban J connectivity index is 0. The van der Waals surface area contributed by atoms with Gasteiger partial charge in [0.05, 0.1) is 0 Å². The molecule has 0 bridgehead atoms. The molecular formula is H10CuIn2S2. The third kappa shape index (κ3) is 19.5. The van der Waals surface area contributed by atoms with Crippen LogP contribution in [0.25, 0.3) is 0 Å². The average molecular weight is 367 g/mol. The Hall–Kier alpha value is 2.96. The van der Waals surface area contributed by atoms with Gasteiger partial charge in [-0.15, -0.1) is 0 Å². The van der Waals surface area contributed by atoms with Crippen LogP contribution in [0.15, 0.2) is 0 Å². The molecule has 0 spiro atoms. The number of hydrogen-bond donors (Lipinski definition) is 0. The van der Waals surface area contributed by atoms with Gasteiger partial charge in [0.15, 0.2) is 0 Å².